The number of nitrogens with zero attached hydrogens (tertiary/aromatic N) is 2. The van der Waals surface area contributed by atoms with Gasteiger partial charge in [0, 0.05) is 6.20 Å². The second-order valence-electron chi connectivity index (χ2n) is 7.05. The summed E-state index contributed by atoms with van der Waals surface area (Å²) >= 11 is 0. The number of para-hydroxylation sites is 1. The fourth-order valence-corrected chi connectivity index (χ4v) is 3.99. The predicted octanol–water partition coefficient (Wildman–Crippen LogP) is 3.96. The van der Waals surface area contributed by atoms with Gasteiger partial charge in [-0.25, -0.2) is 4.98 Å². The number of methoxy groups -OCH3 is 2. The maximum atomic E-state index is 13.5. The molecule has 0 fully saturated rings. The number of ether oxygens (including phenoxy) is 2. The average molecular weight is 414 g/mol. The molecule has 3 heterocycles. The Morgan fingerprint density at radius 2 is 1.71 bits per heavy atom. The molecular weight excluding hydrogens is 396 g/mol. The van der Waals surface area contributed by atoms with Crippen LogP contribution in [0.15, 0.2) is 76.1 Å². The van der Waals surface area contributed by atoms with E-state index in [1.54, 1.807) is 74.0 Å². The molecule has 0 saturated heterocycles. The van der Waals surface area contributed by atoms with Crippen molar-refractivity contribution in [2.24, 2.45) is 0 Å². The molecule has 0 spiro atoms. The number of fused-ring (bicyclic) bond motifs is 2. The van der Waals surface area contributed by atoms with Crippen LogP contribution in [0.3, 0.4) is 0 Å². The van der Waals surface area contributed by atoms with Gasteiger partial charge >= 0.3 is 0 Å². The fourth-order valence-electron chi connectivity index (χ4n) is 3.99. The van der Waals surface area contributed by atoms with Gasteiger partial charge in [-0.1, -0.05) is 24.3 Å². The van der Waals surface area contributed by atoms with Crippen molar-refractivity contribution in [3.63, 3.8) is 0 Å². The number of carbonyl (C=O) groups is 1. The van der Waals surface area contributed by atoms with Crippen molar-refractivity contribution in [3.05, 3.63) is 94.0 Å². The summed E-state index contributed by atoms with van der Waals surface area (Å²) in [4.78, 5) is 32.8. The highest BCUT2D eigenvalue weighted by Gasteiger charge is 2.44. The van der Waals surface area contributed by atoms with Crippen LogP contribution in [0.2, 0.25) is 0 Å². The van der Waals surface area contributed by atoms with E-state index in [9.17, 15) is 9.59 Å². The molecule has 2 aromatic heterocycles. The first kappa shape index (κ1) is 18.9. The highest BCUT2D eigenvalue weighted by Crippen LogP contribution is 2.42. The Labute approximate surface area is 177 Å². The van der Waals surface area contributed by atoms with Crippen LogP contribution in [-0.4, -0.2) is 25.1 Å². The molecule has 0 radical (unpaired) electrons. The van der Waals surface area contributed by atoms with Gasteiger partial charge in [-0.15, -0.1) is 0 Å². The van der Waals surface area contributed by atoms with Gasteiger partial charge in [-0.3, -0.25) is 14.5 Å². The summed E-state index contributed by atoms with van der Waals surface area (Å²) in [5.41, 5.74) is 1.08. The third-order valence-electron chi connectivity index (χ3n) is 5.40. The first-order chi connectivity index (χ1) is 15.1. The molecule has 0 saturated carbocycles. The van der Waals surface area contributed by atoms with Gasteiger partial charge < -0.3 is 13.9 Å². The van der Waals surface area contributed by atoms with Crippen molar-refractivity contribution < 1.29 is 18.7 Å². The molecule has 1 aliphatic rings. The third kappa shape index (κ3) is 2.85. The van der Waals surface area contributed by atoms with Crippen LogP contribution in [0.1, 0.15) is 27.7 Å². The predicted molar refractivity (Wildman–Crippen MR) is 115 cm³/mol. The number of anilines is 1. The lowest BCUT2D eigenvalue weighted by atomic mass is 9.98. The Bertz CT molecular complexity index is 1360. The second kappa shape index (κ2) is 7.28. The summed E-state index contributed by atoms with van der Waals surface area (Å²) in [6.07, 6.45) is 1.60. The number of aromatic nitrogens is 1. The Hall–Kier alpha value is -4.13. The van der Waals surface area contributed by atoms with E-state index in [1.807, 2.05) is 0 Å². The molecule has 1 amide bonds. The number of hydrogen-bond acceptors (Lipinski definition) is 6. The van der Waals surface area contributed by atoms with Crippen LogP contribution in [0.4, 0.5) is 5.82 Å². The molecule has 4 aromatic rings. The molecule has 5 rings (SSSR count). The van der Waals surface area contributed by atoms with E-state index in [0.717, 1.165) is 0 Å². The summed E-state index contributed by atoms with van der Waals surface area (Å²) < 4.78 is 16.7. The van der Waals surface area contributed by atoms with Crippen LogP contribution in [-0.2, 0) is 0 Å². The van der Waals surface area contributed by atoms with E-state index in [-0.39, 0.29) is 16.8 Å². The van der Waals surface area contributed by atoms with Crippen molar-refractivity contribution in [1.29, 1.82) is 0 Å². The molecule has 7 nitrogen and oxygen atoms in total. The van der Waals surface area contributed by atoms with Crippen LogP contribution < -0.4 is 19.8 Å². The lowest BCUT2D eigenvalue weighted by Crippen LogP contribution is -2.30. The molecule has 0 bridgehead atoms. The molecular formula is C24H18N2O5. The number of amides is 1. The summed E-state index contributed by atoms with van der Waals surface area (Å²) in [6, 6.07) is 16.8. The van der Waals surface area contributed by atoms with E-state index in [2.05, 4.69) is 4.98 Å². The zero-order chi connectivity index (χ0) is 21.5. The lowest BCUT2D eigenvalue weighted by Gasteiger charge is -2.24. The van der Waals surface area contributed by atoms with Crippen molar-refractivity contribution in [2.75, 3.05) is 19.1 Å². The molecule has 1 atom stereocenters. The number of hydrogen-bond donors (Lipinski definition) is 0. The van der Waals surface area contributed by atoms with Gasteiger partial charge in [0.1, 0.15) is 11.4 Å². The van der Waals surface area contributed by atoms with E-state index in [1.165, 1.54) is 12.0 Å². The normalized spacial score (nSPS) is 15.2. The monoisotopic (exact) mass is 414 g/mol. The van der Waals surface area contributed by atoms with Crippen molar-refractivity contribution in [1.82, 2.24) is 4.98 Å². The van der Waals surface area contributed by atoms with Crippen molar-refractivity contribution in [2.45, 2.75) is 6.04 Å². The number of benzene rings is 2. The maximum Gasteiger partial charge on any atom is 0.296 e. The smallest absolute Gasteiger partial charge is 0.296 e. The Morgan fingerprint density at radius 3 is 2.45 bits per heavy atom. The maximum absolute atomic E-state index is 13.5. The van der Waals surface area contributed by atoms with Crippen LogP contribution in [0.25, 0.3) is 11.0 Å². The molecule has 7 heteroatoms. The average Bonchev–Trinajstić information content (AvgIpc) is 3.11. The number of carbonyl (C=O) groups excluding carboxylic acids is 1. The summed E-state index contributed by atoms with van der Waals surface area (Å²) in [5.74, 6) is 1.06. The van der Waals surface area contributed by atoms with Crippen molar-refractivity contribution >= 4 is 22.7 Å². The Kier molecular flexibility index (Phi) is 4.43. The van der Waals surface area contributed by atoms with Gasteiger partial charge in [0.15, 0.2) is 16.9 Å². The first-order valence-corrected chi connectivity index (χ1v) is 9.66. The quantitative estimate of drug-likeness (QED) is 0.503. The highest BCUT2D eigenvalue weighted by molar-refractivity contribution is 6.10. The molecule has 0 aliphatic carbocycles. The SMILES string of the molecule is COc1ccc([C@@H]2c3c(oc4ccccc4c3=O)C(=O)N2c2ccccn2)cc1OC. The van der Waals surface area contributed by atoms with Crippen LogP contribution >= 0.6 is 0 Å². The Morgan fingerprint density at radius 1 is 0.935 bits per heavy atom. The summed E-state index contributed by atoms with van der Waals surface area (Å²) in [7, 11) is 3.08. The number of rotatable bonds is 4. The highest BCUT2D eigenvalue weighted by atomic mass is 16.5. The third-order valence-corrected chi connectivity index (χ3v) is 5.40. The first-order valence-electron chi connectivity index (χ1n) is 9.66. The topological polar surface area (TPSA) is 81.9 Å². The summed E-state index contributed by atoms with van der Waals surface area (Å²) in [6.45, 7) is 0. The van der Waals surface area contributed by atoms with E-state index in [0.29, 0.717) is 33.8 Å². The van der Waals surface area contributed by atoms with Gasteiger partial charge in [-0.05, 0) is 42.0 Å². The van der Waals surface area contributed by atoms with Gasteiger partial charge in [-0.2, -0.15) is 0 Å². The minimum absolute atomic E-state index is 0.0223. The van der Waals surface area contributed by atoms with Gasteiger partial charge in [0.25, 0.3) is 5.91 Å². The van der Waals surface area contributed by atoms with E-state index >= 15 is 0 Å². The molecule has 31 heavy (non-hydrogen) atoms. The minimum Gasteiger partial charge on any atom is -0.493 e. The fraction of sp³-hybridized carbons (Fsp3) is 0.125. The van der Waals surface area contributed by atoms with E-state index < -0.39 is 11.9 Å². The van der Waals surface area contributed by atoms with Gasteiger partial charge in [0.2, 0.25) is 5.76 Å². The largest absolute Gasteiger partial charge is 0.493 e. The molecule has 0 unspecified atom stereocenters. The van der Waals surface area contributed by atoms with Gasteiger partial charge in [0.05, 0.1) is 31.2 Å². The zero-order valence-electron chi connectivity index (χ0n) is 16.9. The molecule has 154 valence electrons. The second-order valence-corrected chi connectivity index (χ2v) is 7.05. The number of pyridine rings is 1. The molecule has 2 aromatic carbocycles. The zero-order valence-corrected chi connectivity index (χ0v) is 16.9. The molecule has 0 N–H and O–H groups in total. The lowest BCUT2D eigenvalue weighted by molar-refractivity contribution is 0.0970. The van der Waals surface area contributed by atoms with Crippen LogP contribution in [0.5, 0.6) is 11.5 Å². The minimum atomic E-state index is -0.724. The van der Waals surface area contributed by atoms with Crippen LogP contribution in [0, 0.1) is 0 Å². The Balaban J connectivity index is 1.81. The summed E-state index contributed by atoms with van der Waals surface area (Å²) in [5, 5.41) is 0.419. The van der Waals surface area contributed by atoms with Crippen molar-refractivity contribution in [3.8, 4) is 11.5 Å². The van der Waals surface area contributed by atoms with E-state index in [4.69, 9.17) is 13.9 Å². The molecule has 1 aliphatic heterocycles. The standard InChI is InChI=1S/C24H18N2O5/c1-29-17-11-10-14(13-18(17)30-2)21-20-22(27)15-7-3-4-8-16(15)31-23(20)24(28)26(21)19-9-5-6-12-25-19/h3-13,21H,1-2H3/t21-/m1/s1.